The van der Waals surface area contributed by atoms with Gasteiger partial charge in [0, 0.05) is 6.42 Å². The summed E-state index contributed by atoms with van der Waals surface area (Å²) in [6.07, 6.45) is 0.617. The monoisotopic (exact) mass is 247 g/mol. The quantitative estimate of drug-likeness (QED) is 0.783. The maximum atomic E-state index is 11.9. The Bertz CT molecular complexity index is 520. The number of carbonyl (C=O) groups is 3. The molecule has 18 heavy (non-hydrogen) atoms. The van der Waals surface area contributed by atoms with Crippen molar-refractivity contribution in [2.45, 2.75) is 25.2 Å². The molecule has 1 aliphatic rings. The topological polar surface area (TPSA) is 83.5 Å². The molecule has 2 amide bonds. The number of carboxylic acid groups (broad SMARTS) is 1. The molecule has 1 unspecified atom stereocenters. The van der Waals surface area contributed by atoms with Crippen LogP contribution in [0.15, 0.2) is 24.3 Å². The first kappa shape index (κ1) is 12.3. The van der Waals surface area contributed by atoms with Crippen molar-refractivity contribution in [3.63, 3.8) is 0 Å². The Balaban J connectivity index is 2.42. The maximum absolute atomic E-state index is 11.9. The van der Waals surface area contributed by atoms with Crippen LogP contribution in [0.1, 0.15) is 35.7 Å². The van der Waals surface area contributed by atoms with E-state index in [0.29, 0.717) is 12.0 Å². The third-order valence-corrected chi connectivity index (χ3v) is 3.44. The average molecular weight is 247 g/mol. The summed E-state index contributed by atoms with van der Waals surface area (Å²) in [7, 11) is 0. The van der Waals surface area contributed by atoms with Crippen LogP contribution in [0.5, 0.6) is 0 Å². The Morgan fingerprint density at radius 2 is 1.94 bits per heavy atom. The molecule has 5 nitrogen and oxygen atoms in total. The normalized spacial score (nSPS) is 22.9. The molecule has 1 saturated heterocycles. The third-order valence-electron chi connectivity index (χ3n) is 3.44. The zero-order valence-electron chi connectivity index (χ0n) is 9.90. The highest BCUT2D eigenvalue weighted by Crippen LogP contribution is 2.35. The van der Waals surface area contributed by atoms with E-state index in [1.807, 2.05) is 6.92 Å². The predicted octanol–water partition coefficient (Wildman–Crippen LogP) is 1.08. The van der Waals surface area contributed by atoms with Gasteiger partial charge in [-0.25, -0.2) is 4.79 Å². The molecule has 1 aliphatic heterocycles. The van der Waals surface area contributed by atoms with Gasteiger partial charge in [-0.15, -0.1) is 0 Å². The van der Waals surface area contributed by atoms with Crippen molar-refractivity contribution in [1.29, 1.82) is 0 Å². The van der Waals surface area contributed by atoms with Crippen LogP contribution in [-0.2, 0) is 15.0 Å². The van der Waals surface area contributed by atoms with E-state index in [-0.39, 0.29) is 23.8 Å². The summed E-state index contributed by atoms with van der Waals surface area (Å²) in [6, 6.07) is 6.10. The number of hydrogen-bond acceptors (Lipinski definition) is 3. The summed E-state index contributed by atoms with van der Waals surface area (Å²) in [5, 5.41) is 11.1. The molecule has 1 aromatic carbocycles. The van der Waals surface area contributed by atoms with Crippen molar-refractivity contribution in [3.05, 3.63) is 35.4 Å². The summed E-state index contributed by atoms with van der Waals surface area (Å²) >= 11 is 0. The number of aromatic carboxylic acids is 1. The van der Waals surface area contributed by atoms with Gasteiger partial charge in [0.25, 0.3) is 0 Å². The molecule has 0 saturated carbocycles. The Morgan fingerprint density at radius 3 is 2.33 bits per heavy atom. The summed E-state index contributed by atoms with van der Waals surface area (Å²) in [5.41, 5.74) is -0.0122. The number of nitrogens with one attached hydrogen (secondary N) is 1. The number of rotatable bonds is 3. The van der Waals surface area contributed by atoms with Crippen molar-refractivity contribution in [3.8, 4) is 0 Å². The summed E-state index contributed by atoms with van der Waals surface area (Å²) in [6.45, 7) is 1.84. The molecule has 1 aromatic rings. The minimum absolute atomic E-state index is 0.120. The van der Waals surface area contributed by atoms with Crippen molar-refractivity contribution in [2.75, 3.05) is 0 Å². The lowest BCUT2D eigenvalue weighted by Crippen LogP contribution is -2.35. The molecule has 0 radical (unpaired) electrons. The maximum Gasteiger partial charge on any atom is 0.335 e. The standard InChI is InChI=1S/C13H13NO4/c1-2-13(7-10(15)14-12(13)18)9-5-3-8(4-6-9)11(16)17/h3-6H,2,7H2,1H3,(H,16,17)(H,14,15,18). The summed E-state index contributed by atoms with van der Waals surface area (Å²) < 4.78 is 0. The van der Waals surface area contributed by atoms with Crippen LogP contribution in [0.4, 0.5) is 0 Å². The summed E-state index contributed by atoms with van der Waals surface area (Å²) in [4.78, 5) is 34.0. The highest BCUT2D eigenvalue weighted by atomic mass is 16.4. The summed E-state index contributed by atoms with van der Waals surface area (Å²) in [5.74, 6) is -1.61. The Morgan fingerprint density at radius 1 is 1.33 bits per heavy atom. The first-order chi connectivity index (χ1) is 8.49. The lowest BCUT2D eigenvalue weighted by Gasteiger charge is -2.23. The van der Waals surface area contributed by atoms with Crippen LogP contribution in [0.25, 0.3) is 0 Å². The largest absolute Gasteiger partial charge is 0.478 e. The van der Waals surface area contributed by atoms with Crippen molar-refractivity contribution in [2.24, 2.45) is 0 Å². The van der Waals surface area contributed by atoms with Crippen LogP contribution in [0.3, 0.4) is 0 Å². The molecule has 0 bridgehead atoms. The number of hydrogen-bond donors (Lipinski definition) is 2. The molecule has 0 aliphatic carbocycles. The lowest BCUT2D eigenvalue weighted by atomic mass is 9.76. The molecule has 0 aromatic heterocycles. The molecule has 2 rings (SSSR count). The molecular weight excluding hydrogens is 234 g/mol. The Hall–Kier alpha value is -2.17. The van der Waals surface area contributed by atoms with Gasteiger partial charge in [-0.3, -0.25) is 14.9 Å². The van der Waals surface area contributed by atoms with Crippen LogP contribution in [0.2, 0.25) is 0 Å². The van der Waals surface area contributed by atoms with E-state index < -0.39 is 11.4 Å². The fourth-order valence-electron chi connectivity index (χ4n) is 2.30. The third kappa shape index (κ3) is 1.77. The van der Waals surface area contributed by atoms with Crippen molar-refractivity contribution in [1.82, 2.24) is 5.32 Å². The van der Waals surface area contributed by atoms with Gasteiger partial charge in [0.1, 0.15) is 0 Å². The van der Waals surface area contributed by atoms with E-state index in [1.54, 1.807) is 12.1 Å². The number of imide groups is 1. The Kier molecular flexibility index (Phi) is 2.90. The zero-order valence-corrected chi connectivity index (χ0v) is 9.90. The van der Waals surface area contributed by atoms with Gasteiger partial charge in [-0.1, -0.05) is 19.1 Å². The van der Waals surface area contributed by atoms with Gasteiger partial charge < -0.3 is 5.11 Å². The first-order valence-corrected chi connectivity index (χ1v) is 5.68. The molecule has 0 spiro atoms. The van der Waals surface area contributed by atoms with Gasteiger partial charge in [-0.2, -0.15) is 0 Å². The number of carbonyl (C=O) groups excluding carboxylic acids is 2. The smallest absolute Gasteiger partial charge is 0.335 e. The molecule has 1 fully saturated rings. The second kappa shape index (κ2) is 4.25. The van der Waals surface area contributed by atoms with Crippen LogP contribution in [0, 0.1) is 0 Å². The van der Waals surface area contributed by atoms with Crippen molar-refractivity contribution >= 4 is 17.8 Å². The predicted molar refractivity (Wildman–Crippen MR) is 63.1 cm³/mol. The molecular formula is C13H13NO4. The van der Waals surface area contributed by atoms with Crippen LogP contribution >= 0.6 is 0 Å². The molecule has 2 N–H and O–H groups in total. The highest BCUT2D eigenvalue weighted by molar-refractivity contribution is 6.09. The second-order valence-corrected chi connectivity index (χ2v) is 4.37. The van der Waals surface area contributed by atoms with Gasteiger partial charge >= 0.3 is 5.97 Å². The van der Waals surface area contributed by atoms with Crippen LogP contribution in [-0.4, -0.2) is 22.9 Å². The number of benzene rings is 1. The van der Waals surface area contributed by atoms with E-state index in [0.717, 1.165) is 0 Å². The SMILES string of the molecule is CCC1(c2ccc(C(=O)O)cc2)CC(=O)NC1=O. The van der Waals surface area contributed by atoms with Crippen LogP contribution < -0.4 is 5.32 Å². The average Bonchev–Trinajstić information content (AvgIpc) is 2.65. The fourth-order valence-corrected chi connectivity index (χ4v) is 2.30. The minimum atomic E-state index is -1.01. The lowest BCUT2D eigenvalue weighted by molar-refractivity contribution is -0.126. The highest BCUT2D eigenvalue weighted by Gasteiger charge is 2.46. The van der Waals surface area contributed by atoms with E-state index in [9.17, 15) is 14.4 Å². The number of carboxylic acids is 1. The van der Waals surface area contributed by atoms with Gasteiger partial charge in [0.15, 0.2) is 0 Å². The van der Waals surface area contributed by atoms with E-state index in [4.69, 9.17) is 5.11 Å². The first-order valence-electron chi connectivity index (χ1n) is 5.68. The van der Waals surface area contributed by atoms with Gasteiger partial charge in [0.2, 0.25) is 11.8 Å². The Labute approximate surface area is 104 Å². The zero-order chi connectivity index (χ0) is 13.3. The van der Waals surface area contributed by atoms with Crippen molar-refractivity contribution < 1.29 is 19.5 Å². The second-order valence-electron chi connectivity index (χ2n) is 4.37. The van der Waals surface area contributed by atoms with Gasteiger partial charge in [0.05, 0.1) is 11.0 Å². The van der Waals surface area contributed by atoms with E-state index in [1.165, 1.54) is 12.1 Å². The number of amides is 2. The molecule has 1 atom stereocenters. The fraction of sp³-hybridized carbons (Fsp3) is 0.308. The molecule has 94 valence electrons. The minimum Gasteiger partial charge on any atom is -0.478 e. The van der Waals surface area contributed by atoms with E-state index >= 15 is 0 Å². The van der Waals surface area contributed by atoms with E-state index in [2.05, 4.69) is 5.32 Å². The molecule has 1 heterocycles. The molecule has 5 heteroatoms. The van der Waals surface area contributed by atoms with Gasteiger partial charge in [-0.05, 0) is 24.1 Å².